The Morgan fingerprint density at radius 1 is 0.913 bits per heavy atom. The van der Waals surface area contributed by atoms with Crippen molar-refractivity contribution in [1.29, 1.82) is 0 Å². The number of carboxylic acids is 1. The van der Waals surface area contributed by atoms with Crippen LogP contribution >= 0.6 is 12.6 Å². The molecule has 1 aliphatic carbocycles. The van der Waals surface area contributed by atoms with Crippen molar-refractivity contribution in [2.75, 3.05) is 5.75 Å². The normalized spacial score (nSPS) is 21.3. The number of carboxylic acid groups (broad SMARTS) is 1. The summed E-state index contributed by atoms with van der Waals surface area (Å²) < 4.78 is 0. The first-order valence-electron chi connectivity index (χ1n) is 9.74. The van der Waals surface area contributed by atoms with Crippen molar-refractivity contribution in [2.24, 2.45) is 11.8 Å². The molecule has 0 aromatic rings. The lowest BCUT2D eigenvalue weighted by Crippen LogP contribution is -2.08. The van der Waals surface area contributed by atoms with E-state index in [1.807, 2.05) is 0 Å². The third kappa shape index (κ3) is 10.9. The fraction of sp³-hybridized carbons (Fsp3) is 0.850. The highest BCUT2D eigenvalue weighted by Crippen LogP contribution is 2.38. The van der Waals surface area contributed by atoms with E-state index in [1.165, 1.54) is 83.1 Å². The lowest BCUT2D eigenvalue weighted by molar-refractivity contribution is -0.131. The highest BCUT2D eigenvalue weighted by molar-refractivity contribution is 7.80. The van der Waals surface area contributed by atoms with Crippen LogP contribution in [0.3, 0.4) is 0 Å². The van der Waals surface area contributed by atoms with E-state index in [1.54, 1.807) is 6.08 Å². The van der Waals surface area contributed by atoms with Crippen LogP contribution in [0.4, 0.5) is 0 Å². The molecule has 0 bridgehead atoms. The first kappa shape index (κ1) is 20.6. The van der Waals surface area contributed by atoms with Gasteiger partial charge < -0.3 is 5.11 Å². The van der Waals surface area contributed by atoms with Gasteiger partial charge in [0.25, 0.3) is 0 Å². The molecular weight excluding hydrogens is 304 g/mol. The smallest absolute Gasteiger partial charge is 0.327 e. The number of rotatable bonds is 14. The molecule has 1 rings (SSSR count). The Balaban J connectivity index is 2.01. The number of unbranched alkanes of at least 4 members (excludes halogenated alkanes) is 7. The van der Waals surface area contributed by atoms with Crippen molar-refractivity contribution in [3.63, 3.8) is 0 Å². The number of hydrogen-bond acceptors (Lipinski definition) is 2. The SMILES string of the molecule is O=C(O)C=CCCCC[C@H]1CCC[C@@H]1CCCCCCCCS. The molecule has 0 heterocycles. The van der Waals surface area contributed by atoms with Crippen LogP contribution in [0.25, 0.3) is 0 Å². The summed E-state index contributed by atoms with van der Waals surface area (Å²) >= 11 is 4.26. The second-order valence-corrected chi connectivity index (χ2v) is 7.56. The Kier molecular flexibility index (Phi) is 12.5. The zero-order chi connectivity index (χ0) is 16.8. The molecule has 0 aliphatic heterocycles. The highest BCUT2D eigenvalue weighted by Gasteiger charge is 2.25. The van der Waals surface area contributed by atoms with Gasteiger partial charge in [0.05, 0.1) is 0 Å². The van der Waals surface area contributed by atoms with Gasteiger partial charge in [0, 0.05) is 6.08 Å². The van der Waals surface area contributed by atoms with Crippen LogP contribution in [0, 0.1) is 11.8 Å². The Labute approximate surface area is 148 Å². The number of allylic oxidation sites excluding steroid dienone is 1. The molecule has 0 saturated heterocycles. The van der Waals surface area contributed by atoms with Crippen LogP contribution in [0.1, 0.15) is 89.9 Å². The molecule has 0 aromatic heterocycles. The largest absolute Gasteiger partial charge is 0.478 e. The lowest BCUT2D eigenvalue weighted by Gasteiger charge is -2.19. The summed E-state index contributed by atoms with van der Waals surface area (Å²) in [5, 5.41) is 8.55. The molecule has 3 heteroatoms. The van der Waals surface area contributed by atoms with Crippen molar-refractivity contribution in [1.82, 2.24) is 0 Å². The van der Waals surface area contributed by atoms with E-state index >= 15 is 0 Å². The average Bonchev–Trinajstić information content (AvgIpc) is 2.97. The van der Waals surface area contributed by atoms with E-state index in [0.29, 0.717) is 0 Å². The molecular formula is C20H36O2S. The van der Waals surface area contributed by atoms with Gasteiger partial charge in [0.1, 0.15) is 0 Å². The van der Waals surface area contributed by atoms with E-state index in [4.69, 9.17) is 5.11 Å². The summed E-state index contributed by atoms with van der Waals surface area (Å²) in [6, 6.07) is 0. The topological polar surface area (TPSA) is 37.3 Å². The van der Waals surface area contributed by atoms with Crippen LogP contribution in [-0.4, -0.2) is 16.8 Å². The summed E-state index contributed by atoms with van der Waals surface area (Å²) in [7, 11) is 0. The first-order chi connectivity index (χ1) is 11.2. The van der Waals surface area contributed by atoms with E-state index < -0.39 is 5.97 Å². The van der Waals surface area contributed by atoms with Gasteiger partial charge in [-0.3, -0.25) is 0 Å². The maximum atomic E-state index is 10.4. The summed E-state index contributed by atoms with van der Waals surface area (Å²) in [4.78, 5) is 10.4. The van der Waals surface area contributed by atoms with E-state index in [9.17, 15) is 4.79 Å². The molecule has 2 nitrogen and oxygen atoms in total. The second kappa shape index (κ2) is 13.9. The van der Waals surface area contributed by atoms with Crippen LogP contribution in [0.5, 0.6) is 0 Å². The van der Waals surface area contributed by atoms with Crippen molar-refractivity contribution in [3.05, 3.63) is 12.2 Å². The minimum absolute atomic E-state index is 0.827. The van der Waals surface area contributed by atoms with Gasteiger partial charge >= 0.3 is 5.97 Å². The molecule has 1 fully saturated rings. The van der Waals surface area contributed by atoms with Gasteiger partial charge in [-0.1, -0.05) is 76.7 Å². The van der Waals surface area contributed by atoms with Gasteiger partial charge in [-0.25, -0.2) is 4.79 Å². The monoisotopic (exact) mass is 340 g/mol. The van der Waals surface area contributed by atoms with Crippen molar-refractivity contribution in [2.45, 2.75) is 89.9 Å². The molecule has 0 aromatic carbocycles. The van der Waals surface area contributed by atoms with Crippen LogP contribution in [0.2, 0.25) is 0 Å². The van der Waals surface area contributed by atoms with Gasteiger partial charge in [-0.05, 0) is 36.9 Å². The molecule has 2 atom stereocenters. The summed E-state index contributed by atoms with van der Waals surface area (Å²) in [6.45, 7) is 0. The van der Waals surface area contributed by atoms with Crippen LogP contribution in [-0.2, 0) is 4.79 Å². The number of thiol groups is 1. The molecule has 0 spiro atoms. The molecule has 1 N–H and O–H groups in total. The summed E-state index contributed by atoms with van der Waals surface area (Å²) in [6.07, 6.45) is 21.7. The Morgan fingerprint density at radius 2 is 1.48 bits per heavy atom. The Hall–Kier alpha value is -0.440. The second-order valence-electron chi connectivity index (χ2n) is 7.11. The highest BCUT2D eigenvalue weighted by atomic mass is 32.1. The van der Waals surface area contributed by atoms with E-state index in [-0.39, 0.29) is 0 Å². The van der Waals surface area contributed by atoms with Gasteiger partial charge in [0.2, 0.25) is 0 Å². The average molecular weight is 341 g/mol. The third-order valence-corrected chi connectivity index (χ3v) is 5.57. The fourth-order valence-corrected chi connectivity index (χ4v) is 4.18. The Bertz CT molecular complexity index is 328. The van der Waals surface area contributed by atoms with E-state index in [2.05, 4.69) is 12.6 Å². The van der Waals surface area contributed by atoms with Gasteiger partial charge in [-0.2, -0.15) is 12.6 Å². The molecule has 0 amide bonds. The first-order valence-corrected chi connectivity index (χ1v) is 10.4. The maximum absolute atomic E-state index is 10.4. The quantitative estimate of drug-likeness (QED) is 0.222. The summed E-state index contributed by atoms with van der Waals surface area (Å²) in [5.74, 6) is 2.13. The molecule has 1 aliphatic rings. The molecule has 0 unspecified atom stereocenters. The fourth-order valence-electron chi connectivity index (χ4n) is 3.95. The molecule has 0 radical (unpaired) electrons. The zero-order valence-electron chi connectivity index (χ0n) is 14.7. The van der Waals surface area contributed by atoms with Crippen LogP contribution < -0.4 is 0 Å². The predicted molar refractivity (Wildman–Crippen MR) is 102 cm³/mol. The van der Waals surface area contributed by atoms with Crippen molar-refractivity contribution < 1.29 is 9.90 Å². The van der Waals surface area contributed by atoms with Crippen molar-refractivity contribution >= 4 is 18.6 Å². The standard InChI is InChI=1S/C20H36O2S/c21-20(22)16-9-5-4-8-13-19-15-11-14-18(19)12-7-3-1-2-6-10-17-23/h9,16,18-19,23H,1-8,10-15,17H2,(H,21,22)/t18-,19-/m0/s1. The molecule has 1 saturated carbocycles. The molecule has 23 heavy (non-hydrogen) atoms. The minimum atomic E-state index is -0.827. The number of carbonyl (C=O) groups is 1. The van der Waals surface area contributed by atoms with Crippen molar-refractivity contribution in [3.8, 4) is 0 Å². The lowest BCUT2D eigenvalue weighted by atomic mass is 9.87. The maximum Gasteiger partial charge on any atom is 0.327 e. The Morgan fingerprint density at radius 3 is 2.09 bits per heavy atom. The van der Waals surface area contributed by atoms with Crippen LogP contribution in [0.15, 0.2) is 12.2 Å². The van der Waals surface area contributed by atoms with Gasteiger partial charge in [0.15, 0.2) is 0 Å². The molecule has 134 valence electrons. The van der Waals surface area contributed by atoms with Gasteiger partial charge in [-0.15, -0.1) is 0 Å². The zero-order valence-corrected chi connectivity index (χ0v) is 15.6. The van der Waals surface area contributed by atoms with E-state index in [0.717, 1.165) is 30.4 Å². The number of aliphatic carboxylic acids is 1. The predicted octanol–water partition coefficient (Wildman–Crippen LogP) is 6.26. The minimum Gasteiger partial charge on any atom is -0.478 e. The summed E-state index contributed by atoms with van der Waals surface area (Å²) in [5.41, 5.74) is 0. The number of hydrogen-bond donors (Lipinski definition) is 2. The third-order valence-electron chi connectivity index (χ3n) is 5.26.